The minimum Gasteiger partial charge on any atom is -0.375 e. The standard InChI is InChI=1S/C15H30O2/c1-9-10-14(5,6)16-12-11-15(7,8)17-13(2,3)4/h9H,1,10-12H2,2-8H3. The van der Waals surface area contributed by atoms with Crippen LogP contribution in [0, 0.1) is 0 Å². The normalized spacial score (nSPS) is 13.8. The zero-order chi connectivity index (χ0) is 13.7. The van der Waals surface area contributed by atoms with Crippen molar-refractivity contribution in [1.29, 1.82) is 0 Å². The van der Waals surface area contributed by atoms with Crippen LogP contribution in [0.4, 0.5) is 0 Å². The van der Waals surface area contributed by atoms with Crippen molar-refractivity contribution in [1.82, 2.24) is 0 Å². The van der Waals surface area contributed by atoms with Crippen LogP contribution in [0.1, 0.15) is 61.3 Å². The topological polar surface area (TPSA) is 18.5 Å². The zero-order valence-electron chi connectivity index (χ0n) is 12.7. The third kappa shape index (κ3) is 9.37. The van der Waals surface area contributed by atoms with Gasteiger partial charge in [-0.1, -0.05) is 6.08 Å². The second-order valence-corrected chi connectivity index (χ2v) is 6.83. The van der Waals surface area contributed by atoms with Gasteiger partial charge in [0.15, 0.2) is 0 Å². The molecule has 0 amide bonds. The average molecular weight is 242 g/mol. The van der Waals surface area contributed by atoms with Gasteiger partial charge < -0.3 is 9.47 Å². The van der Waals surface area contributed by atoms with Crippen LogP contribution in [-0.4, -0.2) is 23.4 Å². The monoisotopic (exact) mass is 242 g/mol. The highest BCUT2D eigenvalue weighted by atomic mass is 16.5. The molecule has 0 aliphatic rings. The van der Waals surface area contributed by atoms with E-state index >= 15 is 0 Å². The van der Waals surface area contributed by atoms with Crippen LogP contribution in [0.5, 0.6) is 0 Å². The zero-order valence-corrected chi connectivity index (χ0v) is 12.7. The van der Waals surface area contributed by atoms with Crippen LogP contribution in [0.15, 0.2) is 12.7 Å². The van der Waals surface area contributed by atoms with E-state index in [1.54, 1.807) is 0 Å². The van der Waals surface area contributed by atoms with Crippen molar-refractivity contribution >= 4 is 0 Å². The second-order valence-electron chi connectivity index (χ2n) is 6.83. The summed E-state index contributed by atoms with van der Waals surface area (Å²) < 4.78 is 11.9. The summed E-state index contributed by atoms with van der Waals surface area (Å²) in [5, 5.41) is 0. The Bertz CT molecular complexity index is 234. The molecule has 0 bridgehead atoms. The lowest BCUT2D eigenvalue weighted by Crippen LogP contribution is -2.36. The molecule has 0 atom stereocenters. The molecule has 0 radical (unpaired) electrons. The Balaban J connectivity index is 4.07. The Morgan fingerprint density at radius 2 is 1.47 bits per heavy atom. The van der Waals surface area contributed by atoms with Crippen molar-refractivity contribution in [2.45, 2.75) is 78.1 Å². The van der Waals surface area contributed by atoms with E-state index in [1.165, 1.54) is 0 Å². The fraction of sp³-hybridized carbons (Fsp3) is 0.867. The molecule has 0 spiro atoms. The molecule has 0 aliphatic heterocycles. The maximum absolute atomic E-state index is 6.00. The van der Waals surface area contributed by atoms with Gasteiger partial charge in [-0.15, -0.1) is 6.58 Å². The molecular weight excluding hydrogens is 212 g/mol. The van der Waals surface area contributed by atoms with Crippen molar-refractivity contribution < 1.29 is 9.47 Å². The predicted octanol–water partition coefficient (Wildman–Crippen LogP) is 4.34. The SMILES string of the molecule is C=CCC(C)(C)OCCC(C)(C)OC(C)(C)C. The first-order chi connectivity index (χ1) is 7.47. The van der Waals surface area contributed by atoms with Crippen molar-refractivity contribution in [2.24, 2.45) is 0 Å². The van der Waals surface area contributed by atoms with E-state index in [-0.39, 0.29) is 16.8 Å². The van der Waals surface area contributed by atoms with E-state index in [9.17, 15) is 0 Å². The molecule has 2 heteroatoms. The molecule has 0 heterocycles. The molecule has 0 rings (SSSR count). The Kier molecular flexibility index (Phi) is 5.89. The van der Waals surface area contributed by atoms with E-state index in [0.717, 1.165) is 12.8 Å². The van der Waals surface area contributed by atoms with E-state index in [2.05, 4.69) is 55.0 Å². The Morgan fingerprint density at radius 1 is 0.941 bits per heavy atom. The summed E-state index contributed by atoms with van der Waals surface area (Å²) in [6.45, 7) is 19.1. The number of ether oxygens (including phenoxy) is 2. The Labute approximate surface area is 107 Å². The Morgan fingerprint density at radius 3 is 1.88 bits per heavy atom. The van der Waals surface area contributed by atoms with Gasteiger partial charge in [0.25, 0.3) is 0 Å². The van der Waals surface area contributed by atoms with Crippen molar-refractivity contribution in [3.05, 3.63) is 12.7 Å². The highest BCUT2D eigenvalue weighted by Gasteiger charge is 2.26. The van der Waals surface area contributed by atoms with Gasteiger partial charge >= 0.3 is 0 Å². The third-order valence-electron chi connectivity index (χ3n) is 2.42. The molecule has 0 saturated heterocycles. The Hall–Kier alpha value is -0.340. The van der Waals surface area contributed by atoms with Crippen LogP contribution in [0.3, 0.4) is 0 Å². The van der Waals surface area contributed by atoms with E-state index in [0.29, 0.717) is 6.61 Å². The van der Waals surface area contributed by atoms with Gasteiger partial charge in [-0.3, -0.25) is 0 Å². The van der Waals surface area contributed by atoms with E-state index in [4.69, 9.17) is 9.47 Å². The maximum atomic E-state index is 6.00. The first kappa shape index (κ1) is 16.7. The fourth-order valence-corrected chi connectivity index (χ4v) is 1.86. The molecule has 0 aromatic carbocycles. The van der Waals surface area contributed by atoms with E-state index < -0.39 is 0 Å². The average Bonchev–Trinajstić information content (AvgIpc) is 1.96. The molecule has 0 fully saturated rings. The number of hydrogen-bond donors (Lipinski definition) is 0. The summed E-state index contributed by atoms with van der Waals surface area (Å²) in [6.07, 6.45) is 3.66. The fourth-order valence-electron chi connectivity index (χ4n) is 1.86. The smallest absolute Gasteiger partial charge is 0.0660 e. The van der Waals surface area contributed by atoms with Gasteiger partial charge in [0.1, 0.15) is 0 Å². The highest BCUT2D eigenvalue weighted by molar-refractivity contribution is 4.81. The van der Waals surface area contributed by atoms with E-state index in [1.807, 2.05) is 6.08 Å². The number of hydrogen-bond acceptors (Lipinski definition) is 2. The van der Waals surface area contributed by atoms with Crippen LogP contribution in [0.2, 0.25) is 0 Å². The quantitative estimate of drug-likeness (QED) is 0.618. The van der Waals surface area contributed by atoms with Crippen LogP contribution in [-0.2, 0) is 9.47 Å². The molecule has 0 unspecified atom stereocenters. The lowest BCUT2D eigenvalue weighted by Gasteiger charge is -2.35. The van der Waals surface area contributed by atoms with Crippen molar-refractivity contribution in [2.75, 3.05) is 6.61 Å². The summed E-state index contributed by atoms with van der Waals surface area (Å²) in [5.41, 5.74) is -0.387. The largest absolute Gasteiger partial charge is 0.375 e. The molecule has 17 heavy (non-hydrogen) atoms. The summed E-state index contributed by atoms with van der Waals surface area (Å²) >= 11 is 0. The van der Waals surface area contributed by atoms with Gasteiger partial charge in [-0.2, -0.15) is 0 Å². The van der Waals surface area contributed by atoms with Crippen molar-refractivity contribution in [3.63, 3.8) is 0 Å². The van der Waals surface area contributed by atoms with Crippen molar-refractivity contribution in [3.8, 4) is 0 Å². The molecule has 0 aromatic rings. The van der Waals surface area contributed by atoms with Gasteiger partial charge in [0.05, 0.1) is 23.4 Å². The molecule has 0 N–H and O–H groups in total. The minimum atomic E-state index is -0.150. The summed E-state index contributed by atoms with van der Waals surface area (Å²) in [7, 11) is 0. The van der Waals surface area contributed by atoms with Gasteiger partial charge in [0, 0.05) is 0 Å². The van der Waals surface area contributed by atoms with Gasteiger partial charge in [-0.05, 0) is 61.3 Å². The molecule has 2 nitrogen and oxygen atoms in total. The maximum Gasteiger partial charge on any atom is 0.0660 e. The molecule has 0 aliphatic carbocycles. The molecular formula is C15H30O2. The third-order valence-corrected chi connectivity index (χ3v) is 2.42. The highest BCUT2D eigenvalue weighted by Crippen LogP contribution is 2.24. The minimum absolute atomic E-state index is 0.111. The van der Waals surface area contributed by atoms with Gasteiger partial charge in [0.2, 0.25) is 0 Å². The summed E-state index contributed by atoms with van der Waals surface area (Å²) in [5.74, 6) is 0. The molecule has 0 saturated carbocycles. The second kappa shape index (κ2) is 6.01. The summed E-state index contributed by atoms with van der Waals surface area (Å²) in [6, 6.07) is 0. The number of rotatable bonds is 7. The van der Waals surface area contributed by atoms with Crippen LogP contribution >= 0.6 is 0 Å². The molecule has 102 valence electrons. The van der Waals surface area contributed by atoms with Gasteiger partial charge in [-0.25, -0.2) is 0 Å². The first-order valence-corrected chi connectivity index (χ1v) is 6.42. The first-order valence-electron chi connectivity index (χ1n) is 6.42. The predicted molar refractivity (Wildman–Crippen MR) is 74.4 cm³/mol. The van der Waals surface area contributed by atoms with Crippen LogP contribution in [0.25, 0.3) is 0 Å². The lowest BCUT2D eigenvalue weighted by molar-refractivity contribution is -0.131. The lowest BCUT2D eigenvalue weighted by atomic mass is 10.0. The van der Waals surface area contributed by atoms with Crippen LogP contribution < -0.4 is 0 Å². The molecule has 0 aromatic heterocycles. The summed E-state index contributed by atoms with van der Waals surface area (Å²) in [4.78, 5) is 0.